The average Bonchev–Trinajstić information content (AvgIpc) is 2.49. The van der Waals surface area contributed by atoms with Crippen LogP contribution in [0.4, 0.5) is 0 Å². The Morgan fingerprint density at radius 1 is 0.571 bits per heavy atom. The maximum Gasteiger partial charge on any atom is 0.166 e. The minimum Gasteiger partial charge on any atom is -0.363 e. The molecule has 0 saturated heterocycles. The topological polar surface area (TPSA) is 24.1 Å². The van der Waals surface area contributed by atoms with Gasteiger partial charge >= 0.3 is 0 Å². The van der Waals surface area contributed by atoms with E-state index in [1.54, 1.807) is 0 Å². The van der Waals surface area contributed by atoms with Crippen LogP contribution in [0.3, 0.4) is 0 Å². The van der Waals surface area contributed by atoms with Gasteiger partial charge in [-0.05, 0) is 25.1 Å². The SMILES string of the molecule is CCCCCCCCCCCCNC(=S)NCCCCC. The Balaban J connectivity index is 3.09. The molecule has 0 unspecified atom stereocenters. The molecule has 0 spiro atoms. The van der Waals surface area contributed by atoms with E-state index in [4.69, 9.17) is 12.2 Å². The molecule has 0 fully saturated rings. The first-order valence-corrected chi connectivity index (χ1v) is 9.73. The van der Waals surface area contributed by atoms with Crippen LogP contribution in [0.2, 0.25) is 0 Å². The van der Waals surface area contributed by atoms with Crippen LogP contribution in [-0.2, 0) is 0 Å². The highest BCUT2D eigenvalue weighted by atomic mass is 32.1. The minimum atomic E-state index is 0.835. The lowest BCUT2D eigenvalue weighted by Gasteiger charge is -2.10. The van der Waals surface area contributed by atoms with Crippen molar-refractivity contribution in [3.63, 3.8) is 0 Å². The van der Waals surface area contributed by atoms with Crippen LogP contribution in [0.1, 0.15) is 97.3 Å². The number of unbranched alkanes of at least 4 members (excludes halogenated alkanes) is 11. The fourth-order valence-electron chi connectivity index (χ4n) is 2.45. The van der Waals surface area contributed by atoms with Crippen molar-refractivity contribution in [2.24, 2.45) is 0 Å². The van der Waals surface area contributed by atoms with Crippen molar-refractivity contribution in [1.29, 1.82) is 0 Å². The number of hydrogen-bond acceptors (Lipinski definition) is 1. The van der Waals surface area contributed by atoms with E-state index in [-0.39, 0.29) is 0 Å². The molecular weight excluding hydrogens is 276 g/mol. The number of rotatable bonds is 15. The molecule has 21 heavy (non-hydrogen) atoms. The summed E-state index contributed by atoms with van der Waals surface area (Å²) in [5.41, 5.74) is 0. The average molecular weight is 315 g/mol. The van der Waals surface area contributed by atoms with Gasteiger partial charge in [0, 0.05) is 13.1 Å². The van der Waals surface area contributed by atoms with Gasteiger partial charge in [-0.1, -0.05) is 84.5 Å². The molecule has 0 bridgehead atoms. The van der Waals surface area contributed by atoms with Crippen molar-refractivity contribution in [3.8, 4) is 0 Å². The Morgan fingerprint density at radius 2 is 0.905 bits per heavy atom. The monoisotopic (exact) mass is 314 g/mol. The van der Waals surface area contributed by atoms with Crippen LogP contribution in [0.5, 0.6) is 0 Å². The Bertz CT molecular complexity index is 219. The van der Waals surface area contributed by atoms with Gasteiger partial charge in [0.1, 0.15) is 0 Å². The normalized spacial score (nSPS) is 10.6. The van der Waals surface area contributed by atoms with Crippen molar-refractivity contribution in [3.05, 3.63) is 0 Å². The van der Waals surface area contributed by atoms with Crippen LogP contribution in [0.15, 0.2) is 0 Å². The first-order chi connectivity index (χ1) is 10.3. The van der Waals surface area contributed by atoms with Crippen LogP contribution < -0.4 is 10.6 Å². The molecule has 2 nitrogen and oxygen atoms in total. The first kappa shape index (κ1) is 20.7. The summed E-state index contributed by atoms with van der Waals surface area (Å²) < 4.78 is 0. The molecule has 0 heterocycles. The highest BCUT2D eigenvalue weighted by Crippen LogP contribution is 2.10. The minimum absolute atomic E-state index is 0.835. The molecule has 2 N–H and O–H groups in total. The third-order valence-corrected chi connectivity index (χ3v) is 4.17. The molecule has 0 radical (unpaired) electrons. The lowest BCUT2D eigenvalue weighted by molar-refractivity contribution is 0.554. The highest BCUT2D eigenvalue weighted by molar-refractivity contribution is 7.80. The van der Waals surface area contributed by atoms with Gasteiger partial charge in [-0.15, -0.1) is 0 Å². The van der Waals surface area contributed by atoms with Gasteiger partial charge in [-0.25, -0.2) is 0 Å². The van der Waals surface area contributed by atoms with Gasteiger partial charge in [-0.2, -0.15) is 0 Å². The van der Waals surface area contributed by atoms with E-state index in [9.17, 15) is 0 Å². The molecule has 0 aromatic heterocycles. The van der Waals surface area contributed by atoms with Crippen LogP contribution in [0.25, 0.3) is 0 Å². The van der Waals surface area contributed by atoms with Crippen molar-refractivity contribution in [1.82, 2.24) is 10.6 Å². The third-order valence-electron chi connectivity index (χ3n) is 3.88. The zero-order chi connectivity index (χ0) is 15.6. The Kier molecular flexibility index (Phi) is 17.5. The fraction of sp³-hybridized carbons (Fsp3) is 0.944. The van der Waals surface area contributed by atoms with Gasteiger partial charge in [0.15, 0.2) is 5.11 Å². The Morgan fingerprint density at radius 3 is 1.38 bits per heavy atom. The fourth-order valence-corrected chi connectivity index (χ4v) is 2.66. The Hall–Kier alpha value is -0.310. The third kappa shape index (κ3) is 17.6. The molecule has 3 heteroatoms. The van der Waals surface area contributed by atoms with Gasteiger partial charge in [-0.3, -0.25) is 0 Å². The molecule has 0 saturated carbocycles. The summed E-state index contributed by atoms with van der Waals surface area (Å²) in [6.45, 7) is 6.54. The van der Waals surface area contributed by atoms with Gasteiger partial charge < -0.3 is 10.6 Å². The van der Waals surface area contributed by atoms with Crippen molar-refractivity contribution < 1.29 is 0 Å². The van der Waals surface area contributed by atoms with Crippen LogP contribution in [0, 0.1) is 0 Å². The molecule has 126 valence electrons. The molecule has 0 aliphatic rings. The Labute approximate surface area is 138 Å². The maximum atomic E-state index is 5.25. The molecule has 0 aromatic rings. The second kappa shape index (κ2) is 17.7. The van der Waals surface area contributed by atoms with Crippen LogP contribution in [-0.4, -0.2) is 18.2 Å². The zero-order valence-electron chi connectivity index (χ0n) is 14.5. The smallest absolute Gasteiger partial charge is 0.166 e. The molecule has 0 aromatic carbocycles. The molecule has 0 aliphatic heterocycles. The largest absolute Gasteiger partial charge is 0.363 e. The molecular formula is C18H38N2S. The summed E-state index contributed by atoms with van der Waals surface area (Å²) in [6.07, 6.45) is 17.6. The molecule has 0 atom stereocenters. The predicted octanol–water partition coefficient (Wildman–Crippen LogP) is 5.56. The summed E-state index contributed by atoms with van der Waals surface area (Å²) in [5, 5.41) is 7.41. The quantitative estimate of drug-likeness (QED) is 0.305. The second-order valence-electron chi connectivity index (χ2n) is 6.07. The van der Waals surface area contributed by atoms with Gasteiger partial charge in [0.25, 0.3) is 0 Å². The lowest BCUT2D eigenvalue weighted by atomic mass is 10.1. The summed E-state index contributed by atoms with van der Waals surface area (Å²) in [6, 6.07) is 0. The van der Waals surface area contributed by atoms with Crippen molar-refractivity contribution in [2.75, 3.05) is 13.1 Å². The summed E-state index contributed by atoms with van der Waals surface area (Å²) in [4.78, 5) is 0. The van der Waals surface area contributed by atoms with Gasteiger partial charge in [0.2, 0.25) is 0 Å². The van der Waals surface area contributed by atoms with Gasteiger partial charge in [0.05, 0.1) is 0 Å². The van der Waals surface area contributed by atoms with E-state index < -0.39 is 0 Å². The summed E-state index contributed by atoms with van der Waals surface area (Å²) >= 11 is 5.25. The van der Waals surface area contributed by atoms with E-state index in [1.165, 1.54) is 83.5 Å². The zero-order valence-corrected chi connectivity index (χ0v) is 15.3. The predicted molar refractivity (Wildman–Crippen MR) is 100.0 cm³/mol. The molecule has 0 aliphatic carbocycles. The standard InChI is InChI=1S/C18H38N2S/c1-3-5-7-8-9-10-11-12-13-15-17-20-18(21)19-16-14-6-4-2/h3-17H2,1-2H3,(H2,19,20,21). The second-order valence-corrected chi connectivity index (χ2v) is 6.48. The van der Waals surface area contributed by atoms with Crippen molar-refractivity contribution >= 4 is 17.3 Å². The van der Waals surface area contributed by atoms with E-state index >= 15 is 0 Å². The molecule has 0 amide bonds. The number of thiocarbonyl (C=S) groups is 1. The lowest BCUT2D eigenvalue weighted by Crippen LogP contribution is -2.36. The maximum absolute atomic E-state index is 5.25. The van der Waals surface area contributed by atoms with Crippen LogP contribution >= 0.6 is 12.2 Å². The first-order valence-electron chi connectivity index (χ1n) is 9.33. The number of nitrogens with one attached hydrogen (secondary N) is 2. The highest BCUT2D eigenvalue weighted by Gasteiger charge is 1.95. The summed E-state index contributed by atoms with van der Waals surface area (Å²) in [7, 11) is 0. The van der Waals surface area contributed by atoms with E-state index in [1.807, 2.05) is 0 Å². The van der Waals surface area contributed by atoms with Crippen molar-refractivity contribution in [2.45, 2.75) is 97.3 Å². The summed E-state index contributed by atoms with van der Waals surface area (Å²) in [5.74, 6) is 0. The van der Waals surface area contributed by atoms with E-state index in [0.29, 0.717) is 0 Å². The number of hydrogen-bond donors (Lipinski definition) is 2. The van der Waals surface area contributed by atoms with E-state index in [2.05, 4.69) is 24.5 Å². The van der Waals surface area contributed by atoms with E-state index in [0.717, 1.165) is 18.2 Å². The molecule has 0 rings (SSSR count).